The molecule has 4 aromatic carbocycles. The number of hydrogen-bond acceptors (Lipinski definition) is 4. The van der Waals surface area contributed by atoms with Crippen LogP contribution in [0.3, 0.4) is 0 Å². The third-order valence-electron chi connectivity index (χ3n) is 4.40. The minimum Gasteiger partial charge on any atom is -0.354 e. The molecule has 136 valence electrons. The molecule has 0 aliphatic carbocycles. The largest absolute Gasteiger partial charge is 0.354 e. The van der Waals surface area contributed by atoms with Gasteiger partial charge < -0.3 is 5.32 Å². The molecule has 2 heterocycles. The van der Waals surface area contributed by atoms with Crippen LogP contribution in [-0.4, -0.2) is 0 Å². The van der Waals surface area contributed by atoms with Crippen molar-refractivity contribution in [3.63, 3.8) is 0 Å². The van der Waals surface area contributed by atoms with E-state index in [1.807, 2.05) is 35.3 Å². The number of hydrogen-bond donors (Lipinski definition) is 1. The van der Waals surface area contributed by atoms with E-state index in [0.29, 0.717) is 0 Å². The van der Waals surface area contributed by atoms with Gasteiger partial charge in [-0.3, -0.25) is 0 Å². The van der Waals surface area contributed by atoms with Crippen LogP contribution in [-0.2, 0) is 0 Å². The molecule has 0 unspecified atom stereocenters. The fourth-order valence-corrected chi connectivity index (χ4v) is 6.28. The van der Waals surface area contributed by atoms with Crippen molar-refractivity contribution in [2.24, 2.45) is 0 Å². The van der Waals surface area contributed by atoms with Crippen LogP contribution in [0.4, 0.5) is 11.4 Å². The predicted molar refractivity (Wildman–Crippen MR) is 121 cm³/mol. The minimum absolute atomic E-state index is 1.20. The van der Waals surface area contributed by atoms with Crippen molar-refractivity contribution >= 4 is 46.7 Å². The van der Waals surface area contributed by atoms with Gasteiger partial charge in [0, 0.05) is 29.4 Å². The van der Waals surface area contributed by atoms with Crippen LogP contribution < -0.4 is 5.32 Å². The van der Waals surface area contributed by atoms with E-state index in [1.165, 1.54) is 40.7 Å². The van der Waals surface area contributed by atoms with Crippen molar-refractivity contribution in [1.29, 1.82) is 0 Å². The summed E-state index contributed by atoms with van der Waals surface area (Å²) in [5.41, 5.74) is 2.41. The molecule has 0 fully saturated rings. The van der Waals surface area contributed by atoms with Gasteiger partial charge in [0.05, 0.1) is 11.4 Å². The summed E-state index contributed by atoms with van der Waals surface area (Å²) >= 11 is 5.54. The Bertz CT molecular complexity index is 874. The molecule has 2 aliphatic heterocycles. The van der Waals surface area contributed by atoms with Gasteiger partial charge in [0.25, 0.3) is 0 Å². The van der Waals surface area contributed by atoms with Gasteiger partial charge in [-0.05, 0) is 48.5 Å². The maximum Gasteiger partial charge on any atom is 0.0526 e. The van der Waals surface area contributed by atoms with E-state index in [0.717, 1.165) is 0 Å². The van der Waals surface area contributed by atoms with Gasteiger partial charge in [-0.15, -0.1) is 0 Å². The first kappa shape index (κ1) is 17.8. The molecule has 0 atom stereocenters. The molecule has 6 rings (SSSR count). The lowest BCUT2D eigenvalue weighted by Crippen LogP contribution is -1.98. The summed E-state index contributed by atoms with van der Waals surface area (Å²) in [6.45, 7) is 0. The third kappa shape index (κ3) is 3.68. The Kier molecular flexibility index (Phi) is 5.08. The van der Waals surface area contributed by atoms with E-state index in [4.69, 9.17) is 0 Å². The summed E-state index contributed by atoms with van der Waals surface area (Å²) in [6.07, 6.45) is 0. The van der Waals surface area contributed by atoms with Crippen LogP contribution in [0.2, 0.25) is 0 Å². The second kappa shape index (κ2) is 8.00. The molecule has 0 radical (unpaired) electrons. The SMILES string of the molecule is c1ccc2c(c1)Nc1ccccc1S2.c1ccc2c(c1)Sc1ccccc1S2. The number of fused-ring (bicyclic) bond motifs is 4. The van der Waals surface area contributed by atoms with Crippen LogP contribution >= 0.6 is 35.3 Å². The normalized spacial score (nSPS) is 12.9. The summed E-state index contributed by atoms with van der Waals surface area (Å²) in [4.78, 5) is 8.08. The lowest BCUT2D eigenvalue weighted by molar-refractivity contribution is 1.16. The van der Waals surface area contributed by atoms with E-state index in [9.17, 15) is 0 Å². The standard InChI is InChI=1S/C12H9NS.C12H8S2/c1-3-7-11-9(5-1)13-10-6-2-4-8-12(10)14-11;1-2-6-10-9(5-1)13-11-7-3-4-8-12(11)14-10/h1-8,13H;1-8H. The fourth-order valence-electron chi connectivity index (χ4n) is 3.06. The van der Waals surface area contributed by atoms with E-state index >= 15 is 0 Å². The molecule has 0 aromatic heterocycles. The van der Waals surface area contributed by atoms with Gasteiger partial charge in [-0.1, -0.05) is 83.8 Å². The van der Waals surface area contributed by atoms with Crippen LogP contribution in [0.5, 0.6) is 0 Å². The highest BCUT2D eigenvalue weighted by molar-refractivity contribution is 8.05. The van der Waals surface area contributed by atoms with Crippen LogP contribution in [0, 0.1) is 0 Å². The molecule has 0 spiro atoms. The zero-order chi connectivity index (χ0) is 18.8. The Labute approximate surface area is 178 Å². The van der Waals surface area contributed by atoms with E-state index < -0.39 is 0 Å². The van der Waals surface area contributed by atoms with Gasteiger partial charge in [0.1, 0.15) is 0 Å². The average molecular weight is 416 g/mol. The first-order chi connectivity index (χ1) is 13.9. The zero-order valence-corrected chi connectivity index (χ0v) is 17.4. The molecule has 1 N–H and O–H groups in total. The molecule has 0 amide bonds. The lowest BCUT2D eigenvalue weighted by Gasteiger charge is -2.19. The first-order valence-corrected chi connectivity index (χ1v) is 11.5. The van der Waals surface area contributed by atoms with Crippen LogP contribution in [0.25, 0.3) is 0 Å². The monoisotopic (exact) mass is 415 g/mol. The summed E-state index contributed by atoms with van der Waals surface area (Å²) in [6, 6.07) is 33.9. The van der Waals surface area contributed by atoms with E-state index in [-0.39, 0.29) is 0 Å². The van der Waals surface area contributed by atoms with Crippen molar-refractivity contribution < 1.29 is 0 Å². The molecule has 0 saturated heterocycles. The summed E-state index contributed by atoms with van der Waals surface area (Å²) in [5.74, 6) is 0. The lowest BCUT2D eigenvalue weighted by atomic mass is 10.2. The molecule has 0 saturated carbocycles. The van der Waals surface area contributed by atoms with Gasteiger partial charge >= 0.3 is 0 Å². The Hall–Kier alpha value is -2.27. The summed E-state index contributed by atoms with van der Waals surface area (Å²) in [5, 5.41) is 3.42. The number of anilines is 2. The van der Waals surface area contributed by atoms with Gasteiger partial charge in [-0.25, -0.2) is 0 Å². The number of para-hydroxylation sites is 2. The molecule has 1 nitrogen and oxygen atoms in total. The smallest absolute Gasteiger partial charge is 0.0526 e. The molecule has 0 bridgehead atoms. The van der Waals surface area contributed by atoms with Crippen molar-refractivity contribution in [3.05, 3.63) is 97.1 Å². The molecule has 4 aromatic rings. The van der Waals surface area contributed by atoms with E-state index in [1.54, 1.807) is 0 Å². The first-order valence-electron chi connectivity index (χ1n) is 9.03. The number of rotatable bonds is 0. The zero-order valence-electron chi connectivity index (χ0n) is 15.0. The van der Waals surface area contributed by atoms with Crippen LogP contribution in [0.15, 0.2) is 126 Å². The Morgan fingerprint density at radius 2 is 0.643 bits per heavy atom. The molecular weight excluding hydrogens is 398 g/mol. The number of nitrogens with one attached hydrogen (secondary N) is 1. The second-order valence-corrected chi connectivity index (χ2v) is 9.57. The summed E-state index contributed by atoms with van der Waals surface area (Å²) < 4.78 is 0. The topological polar surface area (TPSA) is 12.0 Å². The average Bonchev–Trinajstić information content (AvgIpc) is 2.76. The fraction of sp³-hybridized carbons (Fsp3) is 0. The molecule has 2 aliphatic rings. The highest BCUT2D eigenvalue weighted by Gasteiger charge is 2.15. The minimum atomic E-state index is 1.20. The van der Waals surface area contributed by atoms with E-state index in [2.05, 4.69) is 102 Å². The second-order valence-electron chi connectivity index (χ2n) is 6.32. The highest BCUT2D eigenvalue weighted by Crippen LogP contribution is 2.48. The number of benzene rings is 4. The van der Waals surface area contributed by atoms with Crippen molar-refractivity contribution in [2.75, 3.05) is 5.32 Å². The van der Waals surface area contributed by atoms with Gasteiger partial charge in [0.15, 0.2) is 0 Å². The quantitative estimate of drug-likeness (QED) is 0.268. The molecule has 4 heteroatoms. The predicted octanol–water partition coefficient (Wildman–Crippen LogP) is 8.20. The Morgan fingerprint density at radius 1 is 0.357 bits per heavy atom. The highest BCUT2D eigenvalue weighted by atomic mass is 32.2. The Morgan fingerprint density at radius 3 is 1.04 bits per heavy atom. The van der Waals surface area contributed by atoms with Gasteiger partial charge in [-0.2, -0.15) is 0 Å². The van der Waals surface area contributed by atoms with Crippen molar-refractivity contribution in [3.8, 4) is 0 Å². The van der Waals surface area contributed by atoms with Crippen molar-refractivity contribution in [1.82, 2.24) is 0 Å². The third-order valence-corrected chi connectivity index (χ3v) is 8.12. The maximum atomic E-state index is 3.42. The van der Waals surface area contributed by atoms with Crippen molar-refractivity contribution in [2.45, 2.75) is 29.4 Å². The van der Waals surface area contributed by atoms with Gasteiger partial charge in [0.2, 0.25) is 0 Å². The summed E-state index contributed by atoms with van der Waals surface area (Å²) in [7, 11) is 0. The molecule has 28 heavy (non-hydrogen) atoms. The Balaban J connectivity index is 0.000000122. The maximum absolute atomic E-state index is 3.42. The molecular formula is C24H17NS3. The van der Waals surface area contributed by atoms with Crippen LogP contribution in [0.1, 0.15) is 0 Å².